The molecule has 9 nitrogen and oxygen atoms in total. The number of likely N-dealkylation sites (tertiary alicyclic amines) is 1. The average Bonchev–Trinajstić information content (AvgIpc) is 3.74. The maximum atomic E-state index is 14.4. The number of fused-ring (bicyclic) bond motifs is 1. The summed E-state index contributed by atoms with van der Waals surface area (Å²) in [6, 6.07) is 11.9. The third-order valence-corrected chi connectivity index (χ3v) is 7.45. The highest BCUT2D eigenvalue weighted by atomic mass is 19.1. The van der Waals surface area contributed by atoms with Crippen LogP contribution < -0.4 is 9.47 Å². The first-order valence-corrected chi connectivity index (χ1v) is 13.2. The number of aromatic nitrogens is 4. The minimum atomic E-state index is -0.947. The molecule has 0 bridgehead atoms. The molecule has 1 aliphatic carbocycles. The van der Waals surface area contributed by atoms with Crippen LogP contribution >= 0.6 is 0 Å². The Balaban J connectivity index is 1.01. The molecule has 0 atom stereocenters. The number of carbonyl (C=O) groups is 1. The number of carboxylic acid groups (broad SMARTS) is 1. The fourth-order valence-corrected chi connectivity index (χ4v) is 5.03. The van der Waals surface area contributed by atoms with Crippen LogP contribution in [0.3, 0.4) is 0 Å². The van der Waals surface area contributed by atoms with Gasteiger partial charge in [0.25, 0.3) is 0 Å². The van der Waals surface area contributed by atoms with Crippen LogP contribution in [0.2, 0.25) is 0 Å². The lowest BCUT2D eigenvalue weighted by Crippen LogP contribution is -2.38. The Hall–Kier alpha value is -4.05. The Bertz CT molecular complexity index is 1510. The molecular weight excluding hydrogens is 501 g/mol. The topological polar surface area (TPSA) is 103 Å². The largest absolute Gasteiger partial charge is 0.483 e. The van der Waals surface area contributed by atoms with Crippen molar-refractivity contribution in [1.82, 2.24) is 24.4 Å². The van der Waals surface area contributed by atoms with E-state index in [4.69, 9.17) is 14.5 Å². The number of imidazole rings is 1. The van der Waals surface area contributed by atoms with Crippen LogP contribution in [0.15, 0.2) is 48.7 Å². The maximum absolute atomic E-state index is 14.4. The van der Waals surface area contributed by atoms with Gasteiger partial charge in [-0.2, -0.15) is 4.98 Å². The summed E-state index contributed by atoms with van der Waals surface area (Å²) in [4.78, 5) is 27.0. The first kappa shape index (κ1) is 25.2. The highest BCUT2D eigenvalue weighted by Gasteiger charge is 2.25. The number of halogens is 1. The zero-order chi connectivity index (χ0) is 26.9. The van der Waals surface area contributed by atoms with E-state index in [1.807, 2.05) is 17.7 Å². The van der Waals surface area contributed by atoms with Gasteiger partial charge in [-0.25, -0.2) is 19.2 Å². The Morgan fingerprint density at radius 1 is 1.08 bits per heavy atom. The van der Waals surface area contributed by atoms with E-state index in [1.165, 1.54) is 0 Å². The molecule has 4 aromatic rings. The summed E-state index contributed by atoms with van der Waals surface area (Å²) in [6.45, 7) is 2.41. The summed E-state index contributed by atoms with van der Waals surface area (Å²) in [5, 5.41) is 9.28. The lowest BCUT2D eigenvalue weighted by atomic mass is 10.1. The number of aromatic carboxylic acids is 1. The third-order valence-electron chi connectivity index (χ3n) is 7.45. The summed E-state index contributed by atoms with van der Waals surface area (Å²) >= 11 is 0. The van der Waals surface area contributed by atoms with Gasteiger partial charge < -0.3 is 19.1 Å². The van der Waals surface area contributed by atoms with Crippen LogP contribution in [0.5, 0.6) is 11.6 Å². The van der Waals surface area contributed by atoms with Crippen molar-refractivity contribution in [2.24, 2.45) is 7.05 Å². The van der Waals surface area contributed by atoms with Crippen molar-refractivity contribution in [3.8, 4) is 11.6 Å². The van der Waals surface area contributed by atoms with Crippen molar-refractivity contribution in [3.63, 3.8) is 0 Å². The van der Waals surface area contributed by atoms with Crippen LogP contribution in [0.1, 0.15) is 59.2 Å². The minimum Gasteiger partial charge on any atom is -0.483 e. The molecule has 0 unspecified atom stereocenters. The van der Waals surface area contributed by atoms with E-state index in [0.29, 0.717) is 24.2 Å². The molecule has 1 saturated heterocycles. The lowest BCUT2D eigenvalue weighted by Gasteiger charge is -2.31. The number of carboxylic acids is 1. The second-order valence-electron chi connectivity index (χ2n) is 10.3. The Kier molecular flexibility index (Phi) is 6.86. The minimum absolute atomic E-state index is 0.0240. The molecule has 2 aromatic carbocycles. The van der Waals surface area contributed by atoms with Gasteiger partial charge in [0.15, 0.2) is 17.4 Å². The van der Waals surface area contributed by atoms with E-state index in [9.17, 15) is 14.3 Å². The lowest BCUT2D eigenvalue weighted by molar-refractivity contribution is 0.0697. The standard InChI is InChI=1S/C29H30FN5O4/c1-34-24-15-20(29(36)37)4-6-23(24)32-27(34)16-35-12-9-21(10-13-35)39-28-8-11-31-26(33-28)17-38-25-7-5-19(14-22(25)30)18-2-3-18/h4-8,11,14-15,18,21H,2-3,9-10,12-13,16-17H2,1H3,(H,36,37). The van der Waals surface area contributed by atoms with Crippen LogP contribution in [0.25, 0.3) is 11.0 Å². The molecule has 10 heteroatoms. The number of benzene rings is 2. The van der Waals surface area contributed by atoms with Gasteiger partial charge in [0.2, 0.25) is 5.88 Å². The van der Waals surface area contributed by atoms with Crippen LogP contribution in [0, 0.1) is 5.82 Å². The highest BCUT2D eigenvalue weighted by molar-refractivity contribution is 5.92. The highest BCUT2D eigenvalue weighted by Crippen LogP contribution is 2.41. The summed E-state index contributed by atoms with van der Waals surface area (Å²) in [5.41, 5.74) is 2.88. The summed E-state index contributed by atoms with van der Waals surface area (Å²) in [7, 11) is 1.92. The fraction of sp³-hybridized carbons (Fsp3) is 0.379. The Labute approximate surface area is 225 Å². The molecule has 6 rings (SSSR count). The Morgan fingerprint density at radius 3 is 2.64 bits per heavy atom. The zero-order valence-electron chi connectivity index (χ0n) is 21.7. The van der Waals surface area contributed by atoms with Gasteiger partial charge in [0, 0.05) is 32.4 Å². The quantitative estimate of drug-likeness (QED) is 0.332. The van der Waals surface area contributed by atoms with E-state index in [0.717, 1.165) is 61.2 Å². The van der Waals surface area contributed by atoms with Gasteiger partial charge in [-0.3, -0.25) is 4.90 Å². The van der Waals surface area contributed by atoms with Crippen LogP contribution in [0.4, 0.5) is 4.39 Å². The van der Waals surface area contributed by atoms with Gasteiger partial charge in [-0.05, 0) is 67.5 Å². The van der Waals surface area contributed by atoms with Crippen molar-refractivity contribution in [2.45, 2.75) is 50.9 Å². The molecule has 39 heavy (non-hydrogen) atoms. The predicted octanol–water partition coefficient (Wildman–Crippen LogP) is 4.70. The molecule has 1 aliphatic heterocycles. The number of aryl methyl sites for hydroxylation is 1. The van der Waals surface area contributed by atoms with Crippen molar-refractivity contribution < 1.29 is 23.8 Å². The van der Waals surface area contributed by atoms with E-state index in [1.54, 1.807) is 42.6 Å². The van der Waals surface area contributed by atoms with Gasteiger partial charge in [0.05, 0.1) is 23.1 Å². The van der Waals surface area contributed by atoms with Crippen molar-refractivity contribution >= 4 is 17.0 Å². The SMILES string of the molecule is Cn1c(CN2CCC(Oc3ccnc(COc4ccc(C5CC5)cc4F)n3)CC2)nc2ccc(C(=O)O)cc21. The van der Waals surface area contributed by atoms with Crippen molar-refractivity contribution in [1.29, 1.82) is 0 Å². The second kappa shape index (κ2) is 10.6. The fourth-order valence-electron chi connectivity index (χ4n) is 5.03. The molecule has 0 amide bonds. The first-order chi connectivity index (χ1) is 18.9. The van der Waals surface area contributed by atoms with Gasteiger partial charge in [0.1, 0.15) is 18.5 Å². The maximum Gasteiger partial charge on any atom is 0.335 e. The number of rotatable bonds is 9. The monoisotopic (exact) mass is 531 g/mol. The molecule has 2 aliphatic rings. The van der Waals surface area contributed by atoms with Gasteiger partial charge in [-0.1, -0.05) is 6.07 Å². The molecule has 2 aromatic heterocycles. The van der Waals surface area contributed by atoms with Gasteiger partial charge in [-0.15, -0.1) is 0 Å². The van der Waals surface area contributed by atoms with Crippen molar-refractivity contribution in [2.75, 3.05) is 13.1 Å². The van der Waals surface area contributed by atoms with E-state index < -0.39 is 5.97 Å². The summed E-state index contributed by atoms with van der Waals surface area (Å²) < 4.78 is 28.1. The molecule has 202 valence electrons. The van der Waals surface area contributed by atoms with E-state index >= 15 is 0 Å². The summed E-state index contributed by atoms with van der Waals surface area (Å²) in [6.07, 6.45) is 5.57. The predicted molar refractivity (Wildman–Crippen MR) is 141 cm³/mol. The Morgan fingerprint density at radius 2 is 1.90 bits per heavy atom. The van der Waals surface area contributed by atoms with Crippen molar-refractivity contribution in [3.05, 3.63) is 77.3 Å². The zero-order valence-corrected chi connectivity index (χ0v) is 21.7. The number of ether oxygens (including phenoxy) is 2. The molecule has 1 N–H and O–H groups in total. The molecule has 1 saturated carbocycles. The molecule has 0 radical (unpaired) electrons. The van der Waals surface area contributed by atoms with E-state index in [-0.39, 0.29) is 29.8 Å². The number of hydrogen-bond acceptors (Lipinski definition) is 7. The average molecular weight is 532 g/mol. The molecule has 3 heterocycles. The summed E-state index contributed by atoms with van der Waals surface area (Å²) in [5.74, 6) is 1.19. The molecular formula is C29H30FN5O4. The normalized spacial score (nSPS) is 16.5. The number of nitrogens with zero attached hydrogens (tertiary/aromatic N) is 5. The first-order valence-electron chi connectivity index (χ1n) is 13.2. The van der Waals surface area contributed by atoms with E-state index in [2.05, 4.69) is 14.9 Å². The second-order valence-corrected chi connectivity index (χ2v) is 10.3. The molecule has 0 spiro atoms. The van der Waals surface area contributed by atoms with Gasteiger partial charge >= 0.3 is 5.97 Å². The third kappa shape index (κ3) is 5.70. The number of hydrogen-bond donors (Lipinski definition) is 1. The number of piperidine rings is 1. The smallest absolute Gasteiger partial charge is 0.335 e. The van der Waals surface area contributed by atoms with Crippen LogP contribution in [-0.4, -0.2) is 54.7 Å². The molecule has 2 fully saturated rings. The van der Waals surface area contributed by atoms with Crippen LogP contribution in [-0.2, 0) is 20.2 Å².